The van der Waals surface area contributed by atoms with E-state index in [2.05, 4.69) is 15.3 Å². The fourth-order valence-electron chi connectivity index (χ4n) is 1.83. The maximum absolute atomic E-state index is 11.5. The van der Waals surface area contributed by atoms with Gasteiger partial charge in [0, 0.05) is 0 Å². The Bertz CT molecular complexity index is 549. The minimum absolute atomic E-state index is 0.0674. The zero-order chi connectivity index (χ0) is 12.7. The van der Waals surface area contributed by atoms with Gasteiger partial charge >= 0.3 is 0 Å². The van der Waals surface area contributed by atoms with Crippen LogP contribution < -0.4 is 5.32 Å². The number of rotatable bonds is 2. The first-order valence-corrected chi connectivity index (χ1v) is 7.54. The third-order valence-electron chi connectivity index (χ3n) is 2.64. The number of hydrogen-bond donors (Lipinski definition) is 1. The molecule has 1 atom stereocenters. The molecule has 0 spiro atoms. The fourth-order valence-corrected chi connectivity index (χ4v) is 4.19. The van der Waals surface area contributed by atoms with Crippen molar-refractivity contribution >= 4 is 38.9 Å². The predicted octanol–water partition coefficient (Wildman–Crippen LogP) is 1.77. The first kappa shape index (κ1) is 12.9. The van der Waals surface area contributed by atoms with E-state index >= 15 is 0 Å². The molecule has 94 valence electrons. The summed E-state index contributed by atoms with van der Waals surface area (Å²) in [5.74, 6) is 0.608. The van der Waals surface area contributed by atoms with Gasteiger partial charge in [0.15, 0.2) is 9.84 Å². The van der Waals surface area contributed by atoms with Crippen LogP contribution in [0.4, 0.5) is 5.82 Å². The van der Waals surface area contributed by atoms with Crippen LogP contribution in [0.25, 0.3) is 0 Å². The molecule has 0 radical (unpaired) electrons. The molecule has 1 saturated heterocycles. The zero-order valence-corrected chi connectivity index (χ0v) is 11.4. The van der Waals surface area contributed by atoms with Crippen LogP contribution in [0, 0.1) is 0 Å². The van der Waals surface area contributed by atoms with E-state index in [1.807, 2.05) is 6.92 Å². The number of aromatic nitrogens is 2. The molecular weight excluding hydrogens is 285 g/mol. The molecule has 1 aliphatic heterocycles. The van der Waals surface area contributed by atoms with Crippen LogP contribution in [0.1, 0.15) is 13.3 Å². The highest BCUT2D eigenvalue weighted by Crippen LogP contribution is 2.29. The van der Waals surface area contributed by atoms with Crippen LogP contribution in [-0.2, 0) is 9.84 Å². The summed E-state index contributed by atoms with van der Waals surface area (Å²) in [7, 11) is -2.98. The Morgan fingerprint density at radius 3 is 2.76 bits per heavy atom. The molecule has 1 aromatic rings. The van der Waals surface area contributed by atoms with Crippen molar-refractivity contribution in [1.82, 2.24) is 9.97 Å². The number of sulfone groups is 1. The maximum atomic E-state index is 11.5. The van der Waals surface area contributed by atoms with Crippen LogP contribution in [0.5, 0.6) is 0 Å². The summed E-state index contributed by atoms with van der Waals surface area (Å²) in [5, 5.41) is 3.43. The minimum atomic E-state index is -2.98. The van der Waals surface area contributed by atoms with E-state index in [0.717, 1.165) is 0 Å². The Kier molecular flexibility index (Phi) is 3.22. The van der Waals surface area contributed by atoms with E-state index in [1.165, 1.54) is 6.20 Å². The number of nitrogens with zero attached hydrogens (tertiary/aromatic N) is 2. The molecule has 5 nitrogen and oxygen atoms in total. The fraction of sp³-hybridized carbons (Fsp3) is 0.556. The largest absolute Gasteiger partial charge is 0.362 e. The van der Waals surface area contributed by atoms with E-state index in [0.29, 0.717) is 17.3 Å². The van der Waals surface area contributed by atoms with Crippen LogP contribution >= 0.6 is 23.2 Å². The quantitative estimate of drug-likeness (QED) is 0.842. The number of hydrogen-bond acceptors (Lipinski definition) is 5. The van der Waals surface area contributed by atoms with E-state index in [4.69, 9.17) is 23.2 Å². The van der Waals surface area contributed by atoms with E-state index < -0.39 is 15.4 Å². The maximum Gasteiger partial charge on any atom is 0.224 e. The van der Waals surface area contributed by atoms with Gasteiger partial charge in [-0.2, -0.15) is 4.98 Å². The summed E-state index contributed by atoms with van der Waals surface area (Å²) >= 11 is 11.6. The second-order valence-electron chi connectivity index (χ2n) is 4.36. The first-order chi connectivity index (χ1) is 7.80. The molecule has 2 rings (SSSR count). The molecule has 1 aromatic heterocycles. The van der Waals surface area contributed by atoms with Crippen molar-refractivity contribution in [3.63, 3.8) is 0 Å². The normalized spacial score (nSPS) is 27.0. The molecule has 1 aliphatic rings. The van der Waals surface area contributed by atoms with Crippen molar-refractivity contribution in [3.8, 4) is 0 Å². The zero-order valence-electron chi connectivity index (χ0n) is 9.07. The average molecular weight is 296 g/mol. The van der Waals surface area contributed by atoms with Crippen molar-refractivity contribution in [2.24, 2.45) is 0 Å². The Labute approximate surface area is 109 Å². The molecule has 0 aromatic carbocycles. The smallest absolute Gasteiger partial charge is 0.224 e. The minimum Gasteiger partial charge on any atom is -0.362 e. The Morgan fingerprint density at radius 2 is 2.18 bits per heavy atom. The first-order valence-electron chi connectivity index (χ1n) is 4.96. The number of anilines is 1. The summed E-state index contributed by atoms with van der Waals surface area (Å²) in [6, 6.07) is 0. The second kappa shape index (κ2) is 4.26. The van der Waals surface area contributed by atoms with Gasteiger partial charge in [-0.15, -0.1) is 0 Å². The van der Waals surface area contributed by atoms with Gasteiger partial charge in [-0.1, -0.05) is 11.6 Å². The Balaban J connectivity index is 2.24. The third-order valence-corrected chi connectivity index (χ3v) is 5.00. The van der Waals surface area contributed by atoms with Gasteiger partial charge in [-0.3, -0.25) is 0 Å². The third kappa shape index (κ3) is 3.00. The standard InChI is InChI=1S/C9H11Cl2N3O2S/c1-9(2-3-17(15,16)5-9)14-7-6(10)4-12-8(11)13-7/h4H,2-3,5H2,1H3,(H,12,13,14). The average Bonchev–Trinajstić information content (AvgIpc) is 2.47. The van der Waals surface area contributed by atoms with Crippen LogP contribution in [0.3, 0.4) is 0 Å². The van der Waals surface area contributed by atoms with Crippen LogP contribution in [0.15, 0.2) is 6.20 Å². The van der Waals surface area contributed by atoms with E-state index in [-0.39, 0.29) is 16.8 Å². The van der Waals surface area contributed by atoms with Gasteiger partial charge in [-0.05, 0) is 24.9 Å². The Hall–Kier alpha value is -0.590. The van der Waals surface area contributed by atoms with Gasteiger partial charge in [0.05, 0.1) is 23.2 Å². The second-order valence-corrected chi connectivity index (χ2v) is 7.29. The van der Waals surface area contributed by atoms with Gasteiger partial charge in [-0.25, -0.2) is 13.4 Å². The molecule has 1 N–H and O–H groups in total. The molecular formula is C9H11Cl2N3O2S. The summed E-state index contributed by atoms with van der Waals surface area (Å²) in [6.07, 6.45) is 1.90. The van der Waals surface area contributed by atoms with Gasteiger partial charge in [0.2, 0.25) is 5.28 Å². The highest BCUT2D eigenvalue weighted by atomic mass is 35.5. The monoisotopic (exact) mass is 295 g/mol. The highest BCUT2D eigenvalue weighted by molar-refractivity contribution is 7.91. The van der Waals surface area contributed by atoms with Crippen molar-refractivity contribution < 1.29 is 8.42 Å². The highest BCUT2D eigenvalue weighted by Gasteiger charge is 2.38. The van der Waals surface area contributed by atoms with Crippen LogP contribution in [-0.4, -0.2) is 35.4 Å². The number of halogens is 2. The molecule has 0 aliphatic carbocycles. The van der Waals surface area contributed by atoms with Crippen molar-refractivity contribution in [1.29, 1.82) is 0 Å². The SMILES string of the molecule is CC1(Nc2nc(Cl)ncc2Cl)CCS(=O)(=O)C1. The molecule has 1 fully saturated rings. The Morgan fingerprint density at radius 1 is 1.47 bits per heavy atom. The molecule has 17 heavy (non-hydrogen) atoms. The van der Waals surface area contributed by atoms with Crippen LogP contribution in [0.2, 0.25) is 10.3 Å². The topological polar surface area (TPSA) is 72.0 Å². The predicted molar refractivity (Wildman–Crippen MR) is 67.4 cm³/mol. The van der Waals surface area contributed by atoms with Crippen molar-refractivity contribution in [3.05, 3.63) is 16.5 Å². The lowest BCUT2D eigenvalue weighted by molar-refractivity contribution is 0.572. The molecule has 1 unspecified atom stereocenters. The van der Waals surface area contributed by atoms with Gasteiger partial charge in [0.25, 0.3) is 0 Å². The molecule has 8 heteroatoms. The van der Waals surface area contributed by atoms with E-state index in [1.54, 1.807) is 0 Å². The summed E-state index contributed by atoms with van der Waals surface area (Å²) < 4.78 is 22.9. The van der Waals surface area contributed by atoms with Crippen molar-refractivity contribution in [2.45, 2.75) is 18.9 Å². The lowest BCUT2D eigenvalue weighted by Crippen LogP contribution is -2.36. The molecule has 0 bridgehead atoms. The summed E-state index contributed by atoms with van der Waals surface area (Å²) in [4.78, 5) is 7.67. The van der Waals surface area contributed by atoms with E-state index in [9.17, 15) is 8.42 Å². The molecule has 0 amide bonds. The molecule has 0 saturated carbocycles. The lowest BCUT2D eigenvalue weighted by Gasteiger charge is -2.24. The van der Waals surface area contributed by atoms with Gasteiger partial charge in [0.1, 0.15) is 10.8 Å². The van der Waals surface area contributed by atoms with Crippen molar-refractivity contribution in [2.75, 3.05) is 16.8 Å². The number of nitrogens with one attached hydrogen (secondary N) is 1. The molecule has 2 heterocycles. The summed E-state index contributed by atoms with van der Waals surface area (Å²) in [6.45, 7) is 1.82. The lowest BCUT2D eigenvalue weighted by atomic mass is 10.0. The summed E-state index contributed by atoms with van der Waals surface area (Å²) in [5.41, 5.74) is -0.555. The van der Waals surface area contributed by atoms with Gasteiger partial charge < -0.3 is 5.32 Å².